The summed E-state index contributed by atoms with van der Waals surface area (Å²) in [6.45, 7) is 1.89. The number of carbonyl (C=O) groups excluding carboxylic acids is 1. The summed E-state index contributed by atoms with van der Waals surface area (Å²) in [5.74, 6) is 1.14. The fraction of sp³-hybridized carbons (Fsp3) is 0.533. The number of ether oxygens (including phenoxy) is 2. The molecule has 1 aromatic rings. The van der Waals surface area contributed by atoms with Crippen molar-refractivity contribution in [3.8, 4) is 5.75 Å². The summed E-state index contributed by atoms with van der Waals surface area (Å²) in [7, 11) is 1.56. The average molecular weight is 296 g/mol. The minimum atomic E-state index is 0.0127. The van der Waals surface area contributed by atoms with Gasteiger partial charge in [-0.05, 0) is 37.0 Å². The van der Waals surface area contributed by atoms with Gasteiger partial charge in [-0.25, -0.2) is 0 Å². The highest BCUT2D eigenvalue weighted by Gasteiger charge is 2.39. The van der Waals surface area contributed by atoms with Crippen LogP contribution in [0.4, 0.5) is 0 Å². The lowest BCUT2D eigenvalue weighted by Crippen LogP contribution is -2.49. The van der Waals surface area contributed by atoms with Crippen LogP contribution in [0.3, 0.4) is 0 Å². The summed E-state index contributed by atoms with van der Waals surface area (Å²) in [5, 5.41) is 0.569. The van der Waals surface area contributed by atoms with Crippen LogP contribution in [0.25, 0.3) is 0 Å². The first kappa shape index (κ1) is 13.7. The van der Waals surface area contributed by atoms with Crippen LogP contribution in [-0.2, 0) is 4.74 Å². The van der Waals surface area contributed by atoms with Gasteiger partial charge in [-0.1, -0.05) is 11.6 Å². The maximum atomic E-state index is 12.8. The molecule has 1 atom stereocenters. The Morgan fingerprint density at radius 2 is 2.25 bits per heavy atom. The molecule has 1 aliphatic heterocycles. The number of benzene rings is 1. The third-order valence-corrected chi connectivity index (χ3v) is 4.22. The van der Waals surface area contributed by atoms with E-state index in [1.54, 1.807) is 25.3 Å². The minimum Gasteiger partial charge on any atom is -0.496 e. The molecule has 1 aromatic carbocycles. The number of carbonyl (C=O) groups is 1. The summed E-state index contributed by atoms with van der Waals surface area (Å²) < 4.78 is 10.8. The summed E-state index contributed by atoms with van der Waals surface area (Å²) in [6, 6.07) is 5.35. The summed E-state index contributed by atoms with van der Waals surface area (Å²) in [5.41, 5.74) is 0.574. The van der Waals surface area contributed by atoms with E-state index in [2.05, 4.69) is 0 Å². The van der Waals surface area contributed by atoms with Crippen LogP contribution in [0.15, 0.2) is 18.2 Å². The van der Waals surface area contributed by atoms with Crippen LogP contribution >= 0.6 is 11.6 Å². The maximum absolute atomic E-state index is 12.8. The Kier molecular flexibility index (Phi) is 3.85. The molecule has 0 aromatic heterocycles. The van der Waals surface area contributed by atoms with Gasteiger partial charge in [0.15, 0.2) is 0 Å². The monoisotopic (exact) mass is 295 g/mol. The molecule has 0 bridgehead atoms. The van der Waals surface area contributed by atoms with E-state index in [1.165, 1.54) is 12.8 Å². The highest BCUT2D eigenvalue weighted by atomic mass is 35.5. The van der Waals surface area contributed by atoms with Crippen LogP contribution in [-0.4, -0.2) is 43.7 Å². The van der Waals surface area contributed by atoms with E-state index in [0.717, 1.165) is 0 Å². The third-order valence-electron chi connectivity index (χ3n) is 3.99. The topological polar surface area (TPSA) is 38.8 Å². The first-order valence-corrected chi connectivity index (χ1v) is 7.30. The van der Waals surface area contributed by atoms with Crippen molar-refractivity contribution in [1.82, 2.24) is 4.90 Å². The lowest BCUT2D eigenvalue weighted by molar-refractivity contribution is -0.00847. The zero-order valence-corrected chi connectivity index (χ0v) is 12.2. The fourth-order valence-electron chi connectivity index (χ4n) is 2.74. The average Bonchev–Trinajstić information content (AvgIpc) is 3.31. The van der Waals surface area contributed by atoms with E-state index in [1.807, 2.05) is 4.90 Å². The Labute approximate surface area is 123 Å². The van der Waals surface area contributed by atoms with Gasteiger partial charge in [-0.2, -0.15) is 0 Å². The molecule has 0 spiro atoms. The number of amides is 1. The van der Waals surface area contributed by atoms with Gasteiger partial charge in [0.2, 0.25) is 0 Å². The Bertz CT molecular complexity index is 516. The van der Waals surface area contributed by atoms with Crippen molar-refractivity contribution in [2.45, 2.75) is 18.9 Å². The molecule has 1 saturated heterocycles. The Morgan fingerprint density at radius 3 is 2.95 bits per heavy atom. The van der Waals surface area contributed by atoms with Gasteiger partial charge in [0.25, 0.3) is 5.91 Å². The zero-order chi connectivity index (χ0) is 14.1. The molecule has 1 aliphatic carbocycles. The molecule has 0 radical (unpaired) electrons. The highest BCUT2D eigenvalue weighted by Crippen LogP contribution is 2.37. The lowest BCUT2D eigenvalue weighted by atomic mass is 10.1. The van der Waals surface area contributed by atoms with E-state index < -0.39 is 0 Å². The summed E-state index contributed by atoms with van der Waals surface area (Å²) >= 11 is 5.95. The first-order valence-electron chi connectivity index (χ1n) is 6.93. The third kappa shape index (κ3) is 2.63. The van der Waals surface area contributed by atoms with Gasteiger partial charge in [-0.3, -0.25) is 4.79 Å². The van der Waals surface area contributed by atoms with Crippen molar-refractivity contribution >= 4 is 17.5 Å². The van der Waals surface area contributed by atoms with Crippen molar-refractivity contribution in [2.24, 2.45) is 5.92 Å². The quantitative estimate of drug-likeness (QED) is 0.860. The van der Waals surface area contributed by atoms with Gasteiger partial charge < -0.3 is 14.4 Å². The van der Waals surface area contributed by atoms with Crippen LogP contribution in [0, 0.1) is 5.92 Å². The predicted molar refractivity (Wildman–Crippen MR) is 76.4 cm³/mol. The highest BCUT2D eigenvalue weighted by molar-refractivity contribution is 6.30. The number of morpholine rings is 1. The van der Waals surface area contributed by atoms with Crippen molar-refractivity contribution in [3.63, 3.8) is 0 Å². The molecule has 5 heteroatoms. The largest absolute Gasteiger partial charge is 0.496 e. The van der Waals surface area contributed by atoms with E-state index in [4.69, 9.17) is 21.1 Å². The van der Waals surface area contributed by atoms with Crippen LogP contribution in [0.2, 0.25) is 5.02 Å². The molecule has 2 aliphatic rings. The number of rotatable bonds is 3. The van der Waals surface area contributed by atoms with Gasteiger partial charge in [0.05, 0.1) is 31.9 Å². The Morgan fingerprint density at radius 1 is 1.45 bits per heavy atom. The standard InChI is InChI=1S/C15H18ClNO3/c1-19-14-8-11(16)4-5-12(14)15(18)17-6-7-20-9-13(17)10-2-3-10/h4-5,8,10,13H,2-3,6-7,9H2,1H3. The Hall–Kier alpha value is -1.26. The number of hydrogen-bond donors (Lipinski definition) is 0. The van der Waals surface area contributed by atoms with E-state index >= 15 is 0 Å². The molecule has 1 saturated carbocycles. The summed E-state index contributed by atoms with van der Waals surface area (Å²) in [6.07, 6.45) is 2.38. The minimum absolute atomic E-state index is 0.0127. The molecular formula is C15H18ClNO3. The van der Waals surface area contributed by atoms with Crippen LogP contribution in [0.5, 0.6) is 5.75 Å². The van der Waals surface area contributed by atoms with Crippen molar-refractivity contribution in [3.05, 3.63) is 28.8 Å². The molecular weight excluding hydrogens is 278 g/mol. The number of hydrogen-bond acceptors (Lipinski definition) is 3. The molecule has 1 unspecified atom stereocenters. The molecule has 4 nitrogen and oxygen atoms in total. The summed E-state index contributed by atoms with van der Waals surface area (Å²) in [4.78, 5) is 14.7. The van der Waals surface area contributed by atoms with Gasteiger partial charge in [0.1, 0.15) is 5.75 Å². The molecule has 1 heterocycles. The van der Waals surface area contributed by atoms with Crippen molar-refractivity contribution < 1.29 is 14.3 Å². The molecule has 108 valence electrons. The predicted octanol–water partition coefficient (Wildman–Crippen LogP) is 2.60. The maximum Gasteiger partial charge on any atom is 0.258 e. The van der Waals surface area contributed by atoms with Crippen LogP contribution in [0.1, 0.15) is 23.2 Å². The smallest absolute Gasteiger partial charge is 0.258 e. The molecule has 1 amide bonds. The number of nitrogens with zero attached hydrogens (tertiary/aromatic N) is 1. The normalized spacial score (nSPS) is 22.7. The van der Waals surface area contributed by atoms with E-state index in [0.29, 0.717) is 42.0 Å². The Balaban J connectivity index is 1.86. The SMILES string of the molecule is COc1cc(Cl)ccc1C(=O)N1CCOCC1C1CC1. The van der Waals surface area contributed by atoms with E-state index in [-0.39, 0.29) is 11.9 Å². The second-order valence-corrected chi connectivity index (χ2v) is 5.76. The van der Waals surface area contributed by atoms with Crippen LogP contribution < -0.4 is 4.74 Å². The lowest BCUT2D eigenvalue weighted by Gasteiger charge is -2.36. The van der Waals surface area contributed by atoms with Crippen molar-refractivity contribution in [2.75, 3.05) is 26.9 Å². The number of methoxy groups -OCH3 is 1. The fourth-order valence-corrected chi connectivity index (χ4v) is 2.91. The number of halogens is 1. The molecule has 3 rings (SSSR count). The molecule has 2 fully saturated rings. The molecule has 20 heavy (non-hydrogen) atoms. The zero-order valence-electron chi connectivity index (χ0n) is 11.5. The first-order chi connectivity index (χ1) is 9.70. The second-order valence-electron chi connectivity index (χ2n) is 5.32. The van der Waals surface area contributed by atoms with Gasteiger partial charge >= 0.3 is 0 Å². The van der Waals surface area contributed by atoms with E-state index in [9.17, 15) is 4.79 Å². The van der Waals surface area contributed by atoms with Gasteiger partial charge in [-0.15, -0.1) is 0 Å². The second kappa shape index (κ2) is 5.62. The molecule has 0 N–H and O–H groups in total. The van der Waals surface area contributed by atoms with Gasteiger partial charge in [0, 0.05) is 11.6 Å². The van der Waals surface area contributed by atoms with Crippen molar-refractivity contribution in [1.29, 1.82) is 0 Å².